The van der Waals surface area contributed by atoms with Gasteiger partial charge in [-0.25, -0.2) is 0 Å². The number of hydrogen-bond donors (Lipinski definition) is 2. The molecule has 0 aromatic heterocycles. The first kappa shape index (κ1) is 18.7. The molecule has 1 saturated heterocycles. The Kier molecular flexibility index (Phi) is 6.21. The van der Waals surface area contributed by atoms with E-state index in [1.54, 1.807) is 16.7 Å². The van der Waals surface area contributed by atoms with Crippen LogP contribution in [-0.2, 0) is 14.4 Å². The second kappa shape index (κ2) is 7.96. The highest BCUT2D eigenvalue weighted by molar-refractivity contribution is 5.82. The number of nitrogens with zero attached hydrogens (tertiary/aromatic N) is 2. The van der Waals surface area contributed by atoms with Crippen LogP contribution in [0.3, 0.4) is 0 Å². The number of carbonyl (C=O) groups is 3. The fourth-order valence-corrected chi connectivity index (χ4v) is 3.63. The first-order valence-electron chi connectivity index (χ1n) is 8.91. The number of carbonyl (C=O) groups excluding carboxylic acids is 3. The van der Waals surface area contributed by atoms with E-state index < -0.39 is 5.54 Å². The minimum absolute atomic E-state index is 0.0256. The lowest BCUT2D eigenvalue weighted by Crippen LogP contribution is -2.53. The predicted molar refractivity (Wildman–Crippen MR) is 91.0 cm³/mol. The van der Waals surface area contributed by atoms with Gasteiger partial charge in [0.2, 0.25) is 17.7 Å². The highest BCUT2D eigenvalue weighted by Gasteiger charge is 2.37. The quantitative estimate of drug-likeness (QED) is 0.759. The summed E-state index contributed by atoms with van der Waals surface area (Å²) >= 11 is 0. The van der Waals surface area contributed by atoms with Gasteiger partial charge in [-0.1, -0.05) is 12.8 Å². The molecule has 2 fully saturated rings. The zero-order valence-corrected chi connectivity index (χ0v) is 14.8. The van der Waals surface area contributed by atoms with E-state index in [4.69, 9.17) is 5.73 Å². The third-order valence-electron chi connectivity index (χ3n) is 5.29. The Morgan fingerprint density at radius 3 is 2.33 bits per heavy atom. The van der Waals surface area contributed by atoms with E-state index in [0.29, 0.717) is 39.1 Å². The molecule has 0 aromatic carbocycles. The molecule has 1 heterocycles. The summed E-state index contributed by atoms with van der Waals surface area (Å²) in [5.41, 5.74) is 5.79. The summed E-state index contributed by atoms with van der Waals surface area (Å²) in [5.74, 6) is -0.126. The van der Waals surface area contributed by atoms with E-state index in [1.807, 2.05) is 6.92 Å². The summed E-state index contributed by atoms with van der Waals surface area (Å²) in [4.78, 5) is 39.3. The van der Waals surface area contributed by atoms with Crippen LogP contribution in [0.25, 0.3) is 0 Å². The molecule has 3 amide bonds. The number of rotatable bonds is 4. The molecule has 1 aliphatic carbocycles. The Labute approximate surface area is 143 Å². The molecule has 0 aromatic rings. The minimum Gasteiger partial charge on any atom is -0.355 e. The third kappa shape index (κ3) is 4.69. The van der Waals surface area contributed by atoms with E-state index in [-0.39, 0.29) is 23.6 Å². The van der Waals surface area contributed by atoms with E-state index in [0.717, 1.165) is 25.7 Å². The number of nitrogens with two attached hydrogens (primary N) is 1. The van der Waals surface area contributed by atoms with Gasteiger partial charge in [-0.15, -0.1) is 0 Å². The summed E-state index contributed by atoms with van der Waals surface area (Å²) in [6.07, 6.45) is 4.08. The van der Waals surface area contributed by atoms with Gasteiger partial charge in [0.15, 0.2) is 0 Å². The van der Waals surface area contributed by atoms with Crippen molar-refractivity contribution in [2.24, 2.45) is 11.7 Å². The zero-order chi connectivity index (χ0) is 17.7. The van der Waals surface area contributed by atoms with Crippen LogP contribution in [-0.4, -0.2) is 65.8 Å². The van der Waals surface area contributed by atoms with Crippen molar-refractivity contribution in [3.63, 3.8) is 0 Å². The van der Waals surface area contributed by atoms with Crippen molar-refractivity contribution in [2.75, 3.05) is 32.7 Å². The van der Waals surface area contributed by atoms with Crippen molar-refractivity contribution in [3.05, 3.63) is 0 Å². The molecule has 2 rings (SSSR count). The van der Waals surface area contributed by atoms with E-state index in [9.17, 15) is 14.4 Å². The average Bonchev–Trinajstić information content (AvgIpc) is 2.54. The summed E-state index contributed by atoms with van der Waals surface area (Å²) < 4.78 is 0. The van der Waals surface area contributed by atoms with Gasteiger partial charge in [-0.3, -0.25) is 14.4 Å². The normalized spacial score (nSPS) is 27.7. The molecule has 0 bridgehead atoms. The lowest BCUT2D eigenvalue weighted by molar-refractivity contribution is -0.138. The third-order valence-corrected chi connectivity index (χ3v) is 5.29. The summed E-state index contributed by atoms with van der Waals surface area (Å²) in [7, 11) is 0. The maximum atomic E-state index is 12.3. The fraction of sp³-hybridized carbons (Fsp3) is 0.824. The van der Waals surface area contributed by atoms with Gasteiger partial charge in [0, 0.05) is 51.6 Å². The Bertz CT molecular complexity index is 484. The molecule has 24 heavy (non-hydrogen) atoms. The van der Waals surface area contributed by atoms with Gasteiger partial charge < -0.3 is 20.9 Å². The van der Waals surface area contributed by atoms with E-state index in [2.05, 4.69) is 5.32 Å². The molecule has 0 radical (unpaired) electrons. The Morgan fingerprint density at radius 1 is 1.12 bits per heavy atom. The van der Waals surface area contributed by atoms with Crippen molar-refractivity contribution in [1.82, 2.24) is 15.1 Å². The smallest absolute Gasteiger partial charge is 0.224 e. The summed E-state index contributed by atoms with van der Waals surface area (Å²) in [6, 6.07) is 0. The molecule has 136 valence electrons. The van der Waals surface area contributed by atoms with Crippen LogP contribution >= 0.6 is 0 Å². The SMILES string of the molecule is CC(=O)N1CCN(C(=O)CCNC(=O)C2CCCCC2(C)N)CC1. The lowest BCUT2D eigenvalue weighted by atomic mass is 9.74. The average molecular weight is 338 g/mol. The minimum atomic E-state index is -0.449. The van der Waals surface area contributed by atoms with E-state index >= 15 is 0 Å². The molecule has 7 heteroatoms. The number of hydrogen-bond acceptors (Lipinski definition) is 4. The molecule has 3 N–H and O–H groups in total. The van der Waals surface area contributed by atoms with Crippen LogP contribution in [0.15, 0.2) is 0 Å². The van der Waals surface area contributed by atoms with Crippen molar-refractivity contribution < 1.29 is 14.4 Å². The Morgan fingerprint density at radius 2 is 1.75 bits per heavy atom. The number of piperazine rings is 1. The standard InChI is InChI=1S/C17H30N4O3/c1-13(22)20-9-11-21(12-10-20)15(23)6-8-19-16(24)14-5-3-4-7-17(14,2)18/h14H,3-12,18H2,1-2H3,(H,19,24). The van der Waals surface area contributed by atoms with Crippen molar-refractivity contribution in [2.45, 2.75) is 51.5 Å². The summed E-state index contributed by atoms with van der Waals surface area (Å²) in [6.45, 7) is 6.13. The molecular formula is C17H30N4O3. The second-order valence-electron chi connectivity index (χ2n) is 7.23. The molecule has 1 saturated carbocycles. The van der Waals surface area contributed by atoms with Crippen LogP contribution in [0.5, 0.6) is 0 Å². The predicted octanol–water partition coefficient (Wildman–Crippen LogP) is 0.0910. The molecular weight excluding hydrogens is 308 g/mol. The van der Waals surface area contributed by atoms with E-state index in [1.165, 1.54) is 0 Å². The monoisotopic (exact) mass is 338 g/mol. The maximum Gasteiger partial charge on any atom is 0.224 e. The van der Waals surface area contributed by atoms with Gasteiger partial charge in [-0.05, 0) is 19.8 Å². The van der Waals surface area contributed by atoms with Crippen molar-refractivity contribution >= 4 is 17.7 Å². The van der Waals surface area contributed by atoms with Crippen molar-refractivity contribution in [3.8, 4) is 0 Å². The molecule has 2 aliphatic rings. The lowest BCUT2D eigenvalue weighted by Gasteiger charge is -2.37. The molecule has 2 atom stereocenters. The molecule has 2 unspecified atom stereocenters. The highest BCUT2D eigenvalue weighted by Crippen LogP contribution is 2.31. The molecule has 0 spiro atoms. The first-order chi connectivity index (χ1) is 11.3. The van der Waals surface area contributed by atoms with Crippen LogP contribution in [0.4, 0.5) is 0 Å². The van der Waals surface area contributed by atoms with Gasteiger partial charge >= 0.3 is 0 Å². The fourth-order valence-electron chi connectivity index (χ4n) is 3.63. The van der Waals surface area contributed by atoms with Gasteiger partial charge in [0.05, 0.1) is 5.92 Å². The molecule has 7 nitrogen and oxygen atoms in total. The second-order valence-corrected chi connectivity index (χ2v) is 7.23. The van der Waals surface area contributed by atoms with Crippen molar-refractivity contribution in [1.29, 1.82) is 0 Å². The zero-order valence-electron chi connectivity index (χ0n) is 14.8. The van der Waals surface area contributed by atoms with Gasteiger partial charge in [-0.2, -0.15) is 0 Å². The van der Waals surface area contributed by atoms with Gasteiger partial charge in [0.1, 0.15) is 0 Å². The Hall–Kier alpha value is -1.63. The topological polar surface area (TPSA) is 95.7 Å². The first-order valence-corrected chi connectivity index (χ1v) is 8.91. The number of nitrogens with one attached hydrogen (secondary N) is 1. The highest BCUT2D eigenvalue weighted by atomic mass is 16.2. The number of amides is 3. The largest absolute Gasteiger partial charge is 0.355 e. The molecule has 1 aliphatic heterocycles. The van der Waals surface area contributed by atoms with Crippen LogP contribution in [0.2, 0.25) is 0 Å². The van der Waals surface area contributed by atoms with Gasteiger partial charge in [0.25, 0.3) is 0 Å². The van der Waals surface area contributed by atoms with Crippen LogP contribution in [0.1, 0.15) is 46.0 Å². The Balaban J connectivity index is 1.71. The van der Waals surface area contributed by atoms with Crippen LogP contribution in [0, 0.1) is 5.92 Å². The summed E-state index contributed by atoms with van der Waals surface area (Å²) in [5, 5.41) is 2.87. The van der Waals surface area contributed by atoms with Crippen LogP contribution < -0.4 is 11.1 Å². The maximum absolute atomic E-state index is 12.3.